The van der Waals surface area contributed by atoms with Crippen molar-refractivity contribution >= 4 is 13.8 Å². The zero-order valence-corrected chi connectivity index (χ0v) is 9.18. The molecule has 1 N–H and O–H groups in total. The van der Waals surface area contributed by atoms with Gasteiger partial charge in [-0.3, -0.25) is 4.99 Å². The SMILES string of the molecule is CCN=C(C)C(O)[Si](C)(C)C. The van der Waals surface area contributed by atoms with Crippen molar-refractivity contribution in [1.29, 1.82) is 0 Å². The molecule has 0 spiro atoms. The third-order valence-electron chi connectivity index (χ3n) is 1.62. The first-order valence-electron chi connectivity index (χ1n) is 4.08. The van der Waals surface area contributed by atoms with Gasteiger partial charge in [0.25, 0.3) is 0 Å². The van der Waals surface area contributed by atoms with Gasteiger partial charge in [0, 0.05) is 12.3 Å². The summed E-state index contributed by atoms with van der Waals surface area (Å²) in [6.45, 7) is 11.1. The Kier molecular flexibility index (Phi) is 3.96. The lowest BCUT2D eigenvalue weighted by molar-refractivity contribution is 0.306. The maximum Gasteiger partial charge on any atom is 0.0854 e. The van der Waals surface area contributed by atoms with Crippen molar-refractivity contribution in [1.82, 2.24) is 0 Å². The number of hydrogen-bond donors (Lipinski definition) is 1. The van der Waals surface area contributed by atoms with Crippen LogP contribution in [0.4, 0.5) is 0 Å². The van der Waals surface area contributed by atoms with E-state index in [2.05, 4.69) is 24.6 Å². The summed E-state index contributed by atoms with van der Waals surface area (Å²) >= 11 is 0. The lowest BCUT2D eigenvalue weighted by atomic mass is 10.4. The van der Waals surface area contributed by atoms with E-state index in [1.165, 1.54) is 0 Å². The lowest BCUT2D eigenvalue weighted by Gasteiger charge is -2.23. The monoisotopic (exact) mass is 173 g/mol. The molecule has 0 aliphatic heterocycles. The molecule has 0 aromatic carbocycles. The first kappa shape index (κ1) is 10.8. The average Bonchev–Trinajstić information content (AvgIpc) is 1.85. The highest BCUT2D eigenvalue weighted by molar-refractivity contribution is 6.80. The zero-order chi connectivity index (χ0) is 9.07. The largest absolute Gasteiger partial charge is 0.391 e. The first-order valence-corrected chi connectivity index (χ1v) is 7.66. The van der Waals surface area contributed by atoms with Crippen LogP contribution in [0.25, 0.3) is 0 Å². The minimum atomic E-state index is -1.44. The van der Waals surface area contributed by atoms with E-state index in [-0.39, 0.29) is 5.73 Å². The second-order valence-electron chi connectivity index (χ2n) is 3.88. The maximum atomic E-state index is 9.72. The molecule has 0 aromatic rings. The standard InChI is InChI=1S/C8H19NOSi/c1-6-9-7(2)8(10)11(3,4)5/h8,10H,6H2,1-5H3. The van der Waals surface area contributed by atoms with Crippen LogP contribution in [0.2, 0.25) is 19.6 Å². The lowest BCUT2D eigenvalue weighted by Crippen LogP contribution is -2.43. The zero-order valence-electron chi connectivity index (χ0n) is 8.18. The number of rotatable bonds is 3. The molecule has 3 heteroatoms. The predicted molar refractivity (Wildman–Crippen MR) is 53.0 cm³/mol. The van der Waals surface area contributed by atoms with E-state index in [0.717, 1.165) is 12.3 Å². The van der Waals surface area contributed by atoms with E-state index in [1.807, 2.05) is 13.8 Å². The Bertz CT molecular complexity index is 149. The van der Waals surface area contributed by atoms with Gasteiger partial charge >= 0.3 is 0 Å². The van der Waals surface area contributed by atoms with E-state index < -0.39 is 8.07 Å². The van der Waals surface area contributed by atoms with Crippen LogP contribution in [0, 0.1) is 0 Å². The van der Waals surface area contributed by atoms with Crippen LogP contribution in [0.3, 0.4) is 0 Å². The molecule has 0 amide bonds. The molecule has 1 atom stereocenters. The van der Waals surface area contributed by atoms with Gasteiger partial charge < -0.3 is 5.11 Å². The van der Waals surface area contributed by atoms with E-state index in [9.17, 15) is 5.11 Å². The van der Waals surface area contributed by atoms with Gasteiger partial charge in [0.05, 0.1) is 13.8 Å². The Balaban J connectivity index is 4.25. The van der Waals surface area contributed by atoms with Crippen LogP contribution in [-0.2, 0) is 0 Å². The summed E-state index contributed by atoms with van der Waals surface area (Å²) in [6, 6.07) is 0. The topological polar surface area (TPSA) is 32.6 Å². The molecule has 11 heavy (non-hydrogen) atoms. The van der Waals surface area contributed by atoms with Crippen LogP contribution in [0.1, 0.15) is 13.8 Å². The molecule has 0 saturated heterocycles. The van der Waals surface area contributed by atoms with Crippen molar-refractivity contribution < 1.29 is 5.11 Å². The molecule has 0 aromatic heterocycles. The van der Waals surface area contributed by atoms with E-state index in [4.69, 9.17) is 0 Å². The van der Waals surface area contributed by atoms with Gasteiger partial charge in [0.2, 0.25) is 0 Å². The van der Waals surface area contributed by atoms with Crippen molar-refractivity contribution in [3.05, 3.63) is 0 Å². The fraction of sp³-hybridized carbons (Fsp3) is 0.875. The highest BCUT2D eigenvalue weighted by Gasteiger charge is 2.26. The molecule has 66 valence electrons. The molecule has 0 rings (SSSR count). The summed E-state index contributed by atoms with van der Waals surface area (Å²) in [6.07, 6.45) is 0. The first-order chi connectivity index (χ1) is 4.89. The predicted octanol–water partition coefficient (Wildman–Crippen LogP) is 1.71. The Morgan fingerprint density at radius 1 is 1.45 bits per heavy atom. The highest BCUT2D eigenvalue weighted by Crippen LogP contribution is 2.08. The Morgan fingerprint density at radius 2 is 1.91 bits per heavy atom. The van der Waals surface area contributed by atoms with Gasteiger partial charge in [-0.25, -0.2) is 0 Å². The number of aliphatic imine (C=N–C) groups is 1. The van der Waals surface area contributed by atoms with E-state index in [0.29, 0.717) is 0 Å². The molecule has 0 fully saturated rings. The van der Waals surface area contributed by atoms with Crippen LogP contribution >= 0.6 is 0 Å². The Morgan fingerprint density at radius 3 is 2.18 bits per heavy atom. The number of nitrogens with zero attached hydrogens (tertiary/aromatic N) is 1. The summed E-state index contributed by atoms with van der Waals surface area (Å²) in [5, 5.41) is 9.72. The van der Waals surface area contributed by atoms with Gasteiger partial charge in [-0.2, -0.15) is 0 Å². The van der Waals surface area contributed by atoms with Crippen molar-refractivity contribution in [2.24, 2.45) is 4.99 Å². The van der Waals surface area contributed by atoms with Gasteiger partial charge in [0.1, 0.15) is 0 Å². The molecule has 1 unspecified atom stereocenters. The summed E-state index contributed by atoms with van der Waals surface area (Å²) in [5.74, 6) is 0. The fourth-order valence-corrected chi connectivity index (χ4v) is 2.31. The number of aliphatic hydroxyl groups excluding tert-OH is 1. The maximum absolute atomic E-state index is 9.72. The van der Waals surface area contributed by atoms with Crippen molar-refractivity contribution in [3.63, 3.8) is 0 Å². The second-order valence-corrected chi connectivity index (χ2v) is 9.16. The average molecular weight is 173 g/mol. The quantitative estimate of drug-likeness (QED) is 0.511. The van der Waals surface area contributed by atoms with Crippen molar-refractivity contribution in [2.75, 3.05) is 6.54 Å². The molecule has 0 bridgehead atoms. The number of aliphatic hydroxyl groups is 1. The summed E-state index contributed by atoms with van der Waals surface area (Å²) in [5.41, 5.74) is 0.620. The minimum Gasteiger partial charge on any atom is -0.391 e. The Hall–Kier alpha value is -0.153. The number of hydrogen-bond acceptors (Lipinski definition) is 2. The van der Waals surface area contributed by atoms with Crippen LogP contribution in [0.15, 0.2) is 4.99 Å². The molecular formula is C8H19NOSi. The second kappa shape index (κ2) is 4.02. The highest BCUT2D eigenvalue weighted by atomic mass is 28.3. The normalized spacial score (nSPS) is 16.7. The fourth-order valence-electron chi connectivity index (χ4n) is 0.963. The van der Waals surface area contributed by atoms with Crippen molar-refractivity contribution in [3.8, 4) is 0 Å². The van der Waals surface area contributed by atoms with Gasteiger partial charge in [0.15, 0.2) is 0 Å². The molecule has 0 aliphatic rings. The molecule has 0 heterocycles. The molecule has 0 saturated carbocycles. The smallest absolute Gasteiger partial charge is 0.0854 e. The van der Waals surface area contributed by atoms with Crippen LogP contribution < -0.4 is 0 Å². The van der Waals surface area contributed by atoms with Gasteiger partial charge in [-0.05, 0) is 13.8 Å². The van der Waals surface area contributed by atoms with Gasteiger partial charge in [-0.15, -0.1) is 0 Å². The van der Waals surface area contributed by atoms with E-state index in [1.54, 1.807) is 0 Å². The molecule has 0 radical (unpaired) electrons. The molecular weight excluding hydrogens is 154 g/mol. The Labute approximate surface area is 70.4 Å². The molecule has 0 aliphatic carbocycles. The van der Waals surface area contributed by atoms with Gasteiger partial charge in [-0.1, -0.05) is 19.6 Å². The third kappa shape index (κ3) is 3.67. The molecule has 2 nitrogen and oxygen atoms in total. The van der Waals surface area contributed by atoms with E-state index >= 15 is 0 Å². The summed E-state index contributed by atoms with van der Waals surface area (Å²) in [4.78, 5) is 4.19. The van der Waals surface area contributed by atoms with Crippen LogP contribution in [-0.4, -0.2) is 31.2 Å². The minimum absolute atomic E-state index is 0.276. The van der Waals surface area contributed by atoms with Crippen LogP contribution in [0.5, 0.6) is 0 Å². The summed E-state index contributed by atoms with van der Waals surface area (Å²) < 4.78 is 0. The summed E-state index contributed by atoms with van der Waals surface area (Å²) in [7, 11) is -1.44. The van der Waals surface area contributed by atoms with Crippen molar-refractivity contribution in [2.45, 2.75) is 39.2 Å². The third-order valence-corrected chi connectivity index (χ3v) is 3.68.